The van der Waals surface area contributed by atoms with E-state index in [9.17, 15) is 15.2 Å². The van der Waals surface area contributed by atoms with Gasteiger partial charge in [0.15, 0.2) is 0 Å². The van der Waals surface area contributed by atoms with Gasteiger partial charge in [-0.15, -0.1) is 24.8 Å². The van der Waals surface area contributed by atoms with Gasteiger partial charge in [-0.2, -0.15) is 0 Å². The quantitative estimate of drug-likeness (QED) is 0.566. The SMILES string of the molecule is Cl.Cl.O=[N+]([O-])c1ccc(Cl)c(O)c1[C@H](C1CCOCC1)N1CCNCC1. The predicted molar refractivity (Wildman–Crippen MR) is 105 cm³/mol. The van der Waals surface area contributed by atoms with E-state index in [2.05, 4.69) is 10.2 Å². The molecule has 2 aliphatic heterocycles. The predicted octanol–water partition coefficient (Wildman–Crippen LogP) is 3.17. The Hall–Kier alpha value is -0.830. The Labute approximate surface area is 170 Å². The Morgan fingerprint density at radius 2 is 1.88 bits per heavy atom. The maximum atomic E-state index is 11.6. The number of phenolic OH excluding ortho intramolecular Hbond substituents is 1. The first kappa shape index (κ1) is 23.2. The molecule has 1 aromatic rings. The summed E-state index contributed by atoms with van der Waals surface area (Å²) in [5.74, 6) is 0.0285. The maximum absolute atomic E-state index is 11.6. The summed E-state index contributed by atoms with van der Waals surface area (Å²) in [6.07, 6.45) is 1.63. The first-order valence-electron chi connectivity index (χ1n) is 8.28. The van der Waals surface area contributed by atoms with Crippen molar-refractivity contribution in [3.8, 4) is 5.75 Å². The van der Waals surface area contributed by atoms with Gasteiger partial charge in [-0.25, -0.2) is 0 Å². The van der Waals surface area contributed by atoms with Gasteiger partial charge < -0.3 is 15.2 Å². The van der Waals surface area contributed by atoms with Crippen molar-refractivity contribution < 1.29 is 14.8 Å². The van der Waals surface area contributed by atoms with Crippen LogP contribution in [-0.2, 0) is 4.74 Å². The standard InChI is InChI=1S/C16H22ClN3O4.2ClH/c17-12-1-2-13(20(22)23)14(16(12)21)15(11-3-9-24-10-4-11)19-7-5-18-6-8-19;;/h1-2,11,15,18,21H,3-10H2;2*1H/t15-;;/m0../s1. The van der Waals surface area contributed by atoms with Gasteiger partial charge in [0, 0.05) is 51.5 Å². The van der Waals surface area contributed by atoms with E-state index in [0.717, 1.165) is 39.0 Å². The molecule has 10 heteroatoms. The summed E-state index contributed by atoms with van der Waals surface area (Å²) in [4.78, 5) is 13.3. The summed E-state index contributed by atoms with van der Waals surface area (Å²) >= 11 is 6.08. The minimum Gasteiger partial charge on any atom is -0.506 e. The average molecular weight is 429 g/mol. The first-order chi connectivity index (χ1) is 11.6. The lowest BCUT2D eigenvalue weighted by atomic mass is 9.84. The molecule has 2 saturated heterocycles. The highest BCUT2D eigenvalue weighted by Crippen LogP contribution is 2.46. The van der Waals surface area contributed by atoms with Gasteiger partial charge in [0.2, 0.25) is 0 Å². The Morgan fingerprint density at radius 3 is 2.46 bits per heavy atom. The van der Waals surface area contributed by atoms with Crippen LogP contribution in [-0.4, -0.2) is 54.3 Å². The van der Waals surface area contributed by atoms with E-state index in [4.69, 9.17) is 16.3 Å². The van der Waals surface area contributed by atoms with E-state index in [-0.39, 0.29) is 53.2 Å². The molecule has 2 heterocycles. The number of phenols is 1. The molecule has 0 aromatic heterocycles. The molecule has 0 spiro atoms. The molecule has 0 saturated carbocycles. The number of nitrogens with one attached hydrogen (secondary N) is 1. The van der Waals surface area contributed by atoms with E-state index in [1.54, 1.807) is 0 Å². The number of hydrogen-bond donors (Lipinski definition) is 2. The molecule has 148 valence electrons. The van der Waals surface area contributed by atoms with Crippen LogP contribution in [0.5, 0.6) is 5.75 Å². The molecular formula is C16H24Cl3N3O4. The largest absolute Gasteiger partial charge is 0.506 e. The van der Waals surface area contributed by atoms with Crippen molar-refractivity contribution in [1.82, 2.24) is 10.2 Å². The van der Waals surface area contributed by atoms with Crippen LogP contribution in [0.1, 0.15) is 24.4 Å². The minimum absolute atomic E-state index is 0. The third kappa shape index (κ3) is 4.91. The molecule has 0 amide bonds. The third-order valence-corrected chi connectivity index (χ3v) is 5.20. The van der Waals surface area contributed by atoms with E-state index in [1.165, 1.54) is 12.1 Å². The first-order valence-corrected chi connectivity index (χ1v) is 8.65. The van der Waals surface area contributed by atoms with Crippen molar-refractivity contribution in [3.63, 3.8) is 0 Å². The van der Waals surface area contributed by atoms with Crippen LogP contribution < -0.4 is 5.32 Å². The lowest BCUT2D eigenvalue weighted by Crippen LogP contribution is -2.47. The lowest BCUT2D eigenvalue weighted by molar-refractivity contribution is -0.386. The van der Waals surface area contributed by atoms with E-state index in [1.807, 2.05) is 0 Å². The highest BCUT2D eigenvalue weighted by atomic mass is 35.5. The van der Waals surface area contributed by atoms with Crippen LogP contribution in [0.2, 0.25) is 5.02 Å². The maximum Gasteiger partial charge on any atom is 0.278 e. The third-order valence-electron chi connectivity index (χ3n) is 4.89. The molecule has 0 bridgehead atoms. The number of nitro benzene ring substituents is 1. The summed E-state index contributed by atoms with van der Waals surface area (Å²) in [5, 5.41) is 25.6. The number of hydrogen-bond acceptors (Lipinski definition) is 6. The molecule has 0 radical (unpaired) electrons. The van der Waals surface area contributed by atoms with Crippen LogP contribution in [0, 0.1) is 16.0 Å². The fraction of sp³-hybridized carbons (Fsp3) is 0.625. The van der Waals surface area contributed by atoms with Gasteiger partial charge in [0.1, 0.15) is 5.75 Å². The van der Waals surface area contributed by atoms with Gasteiger partial charge in [0.05, 0.1) is 15.5 Å². The Balaban J connectivity index is 0.00000169. The number of piperazine rings is 1. The van der Waals surface area contributed by atoms with Crippen molar-refractivity contribution in [1.29, 1.82) is 0 Å². The monoisotopic (exact) mass is 427 g/mol. The molecule has 0 aliphatic carbocycles. The van der Waals surface area contributed by atoms with Gasteiger partial charge in [-0.05, 0) is 24.8 Å². The van der Waals surface area contributed by atoms with Crippen molar-refractivity contribution >= 4 is 42.1 Å². The van der Waals surface area contributed by atoms with Crippen LogP contribution in [0.3, 0.4) is 0 Å². The number of ether oxygens (including phenoxy) is 1. The van der Waals surface area contributed by atoms with Gasteiger partial charge in [-0.1, -0.05) is 11.6 Å². The zero-order chi connectivity index (χ0) is 17.1. The number of halogens is 3. The molecule has 1 atom stereocenters. The summed E-state index contributed by atoms with van der Waals surface area (Å²) in [6, 6.07) is 2.55. The number of nitro groups is 1. The molecule has 2 fully saturated rings. The molecule has 2 N–H and O–H groups in total. The Kier molecular flexibility index (Phi) is 9.36. The molecular weight excluding hydrogens is 405 g/mol. The zero-order valence-corrected chi connectivity index (χ0v) is 16.6. The van der Waals surface area contributed by atoms with Crippen LogP contribution in [0.15, 0.2) is 12.1 Å². The molecule has 26 heavy (non-hydrogen) atoms. The fourth-order valence-electron chi connectivity index (χ4n) is 3.73. The Morgan fingerprint density at radius 1 is 1.27 bits per heavy atom. The number of benzene rings is 1. The lowest BCUT2D eigenvalue weighted by Gasteiger charge is -2.41. The summed E-state index contributed by atoms with van der Waals surface area (Å²) in [6.45, 7) is 4.50. The average Bonchev–Trinajstić information content (AvgIpc) is 2.60. The normalized spacial score (nSPS) is 19.9. The number of nitrogens with zero attached hydrogens (tertiary/aromatic N) is 2. The summed E-state index contributed by atoms with van der Waals surface area (Å²) < 4.78 is 5.45. The number of rotatable bonds is 4. The minimum atomic E-state index is -0.431. The molecule has 0 unspecified atom stereocenters. The number of aromatic hydroxyl groups is 1. The smallest absolute Gasteiger partial charge is 0.278 e. The van der Waals surface area contributed by atoms with Gasteiger partial charge in [-0.3, -0.25) is 15.0 Å². The van der Waals surface area contributed by atoms with Gasteiger partial charge in [0.25, 0.3) is 5.69 Å². The van der Waals surface area contributed by atoms with Crippen molar-refractivity contribution in [2.75, 3.05) is 39.4 Å². The Bertz CT molecular complexity index is 591. The van der Waals surface area contributed by atoms with E-state index in [0.29, 0.717) is 18.8 Å². The zero-order valence-electron chi connectivity index (χ0n) is 14.2. The second kappa shape index (κ2) is 10.5. The van der Waals surface area contributed by atoms with E-state index >= 15 is 0 Å². The van der Waals surface area contributed by atoms with Gasteiger partial charge >= 0.3 is 0 Å². The van der Waals surface area contributed by atoms with Crippen molar-refractivity contribution in [2.24, 2.45) is 5.92 Å². The van der Waals surface area contributed by atoms with Crippen LogP contribution in [0.25, 0.3) is 0 Å². The summed E-state index contributed by atoms with van der Waals surface area (Å²) in [5.41, 5.74) is 0.285. The summed E-state index contributed by atoms with van der Waals surface area (Å²) in [7, 11) is 0. The highest BCUT2D eigenvalue weighted by molar-refractivity contribution is 6.32. The fourth-order valence-corrected chi connectivity index (χ4v) is 3.89. The van der Waals surface area contributed by atoms with Crippen molar-refractivity contribution in [2.45, 2.75) is 18.9 Å². The van der Waals surface area contributed by atoms with E-state index < -0.39 is 4.92 Å². The van der Waals surface area contributed by atoms with Crippen molar-refractivity contribution in [3.05, 3.63) is 32.8 Å². The second-order valence-electron chi connectivity index (χ2n) is 6.27. The highest BCUT2D eigenvalue weighted by Gasteiger charge is 2.38. The van der Waals surface area contributed by atoms with Crippen LogP contribution >= 0.6 is 36.4 Å². The molecule has 2 aliphatic rings. The second-order valence-corrected chi connectivity index (χ2v) is 6.67. The molecule has 3 rings (SSSR count). The van der Waals surface area contributed by atoms with Crippen LogP contribution in [0.4, 0.5) is 5.69 Å². The molecule has 7 nitrogen and oxygen atoms in total. The molecule has 1 aromatic carbocycles. The topological polar surface area (TPSA) is 87.9 Å².